The largest absolute Gasteiger partial charge is 0.481 e. The lowest BCUT2D eigenvalue weighted by molar-refractivity contribution is -0.138. The van der Waals surface area contributed by atoms with E-state index >= 15 is 0 Å². The van der Waals surface area contributed by atoms with Crippen LogP contribution in [0, 0.1) is 0 Å². The van der Waals surface area contributed by atoms with Crippen LogP contribution in [0.2, 0.25) is 4.34 Å². The highest BCUT2D eigenvalue weighted by atomic mass is 79.9. The van der Waals surface area contributed by atoms with Gasteiger partial charge < -0.3 is 5.11 Å². The van der Waals surface area contributed by atoms with Crippen LogP contribution in [-0.2, 0) is 4.79 Å². The highest BCUT2D eigenvalue weighted by Crippen LogP contribution is 2.38. The van der Waals surface area contributed by atoms with Gasteiger partial charge in [0.15, 0.2) is 0 Å². The smallest absolute Gasteiger partial charge is 0.305 e. The summed E-state index contributed by atoms with van der Waals surface area (Å²) in [5.74, 6) is -0.789. The first kappa shape index (κ1) is 15.0. The summed E-state index contributed by atoms with van der Waals surface area (Å²) in [6.07, 6.45) is 0.102. The van der Waals surface area contributed by atoms with Crippen LogP contribution in [0.4, 0.5) is 0 Å². The second-order valence-electron chi connectivity index (χ2n) is 3.61. The summed E-state index contributed by atoms with van der Waals surface area (Å²) in [4.78, 5) is 14.1. The Bertz CT molecular complexity index is 373. The zero-order valence-corrected chi connectivity index (χ0v) is 12.9. The normalized spacial score (nSPS) is 13.0. The molecule has 1 aromatic rings. The van der Waals surface area contributed by atoms with Crippen LogP contribution in [0.1, 0.15) is 31.2 Å². The van der Waals surface area contributed by atoms with Gasteiger partial charge in [-0.1, -0.05) is 25.4 Å². The lowest BCUT2D eigenvalue weighted by Crippen LogP contribution is -2.29. The molecule has 0 amide bonds. The molecule has 17 heavy (non-hydrogen) atoms. The van der Waals surface area contributed by atoms with E-state index in [0.717, 1.165) is 22.4 Å². The fourth-order valence-electron chi connectivity index (χ4n) is 1.77. The van der Waals surface area contributed by atoms with Crippen molar-refractivity contribution >= 4 is 44.8 Å². The number of hydrogen-bond donors (Lipinski definition) is 1. The third kappa shape index (κ3) is 3.95. The summed E-state index contributed by atoms with van der Waals surface area (Å²) in [5.41, 5.74) is 0. The topological polar surface area (TPSA) is 40.5 Å². The third-order valence-corrected chi connectivity index (χ3v) is 5.19. The summed E-state index contributed by atoms with van der Waals surface area (Å²) in [5, 5.41) is 8.99. The van der Waals surface area contributed by atoms with Crippen molar-refractivity contribution in [3.05, 3.63) is 19.8 Å². The number of halogens is 2. The van der Waals surface area contributed by atoms with Gasteiger partial charge in [0, 0.05) is 9.35 Å². The van der Waals surface area contributed by atoms with Crippen LogP contribution in [0.15, 0.2) is 10.5 Å². The molecule has 0 aliphatic rings. The molecule has 3 nitrogen and oxygen atoms in total. The van der Waals surface area contributed by atoms with Crippen LogP contribution in [0.25, 0.3) is 0 Å². The standard InChI is InChI=1S/C11H15BrClNO2S/c1-3-14(4-2)8(6-10(15)16)9-5-7(12)11(13)17-9/h5,8H,3-4,6H2,1-2H3,(H,15,16). The Labute approximate surface area is 119 Å². The minimum atomic E-state index is -0.789. The van der Waals surface area contributed by atoms with Crippen molar-refractivity contribution < 1.29 is 9.90 Å². The molecule has 0 radical (unpaired) electrons. The number of carbonyl (C=O) groups is 1. The SMILES string of the molecule is CCN(CC)C(CC(=O)O)c1cc(Br)c(Cl)s1. The maximum atomic E-state index is 10.9. The maximum Gasteiger partial charge on any atom is 0.305 e. The van der Waals surface area contributed by atoms with Gasteiger partial charge in [0.1, 0.15) is 4.34 Å². The Balaban J connectivity index is 3.00. The molecular weight excluding hydrogens is 326 g/mol. The van der Waals surface area contributed by atoms with Crippen LogP contribution in [0.5, 0.6) is 0 Å². The monoisotopic (exact) mass is 339 g/mol. The minimum absolute atomic E-state index is 0.101. The van der Waals surface area contributed by atoms with E-state index < -0.39 is 5.97 Å². The Kier molecular flexibility index (Phi) is 5.92. The van der Waals surface area contributed by atoms with Gasteiger partial charge in [-0.15, -0.1) is 11.3 Å². The molecular formula is C11H15BrClNO2S. The van der Waals surface area contributed by atoms with E-state index in [0.29, 0.717) is 4.34 Å². The van der Waals surface area contributed by atoms with Gasteiger partial charge in [0.05, 0.1) is 12.5 Å². The number of rotatable bonds is 6. The van der Waals surface area contributed by atoms with Gasteiger partial charge in [0.2, 0.25) is 0 Å². The molecule has 0 saturated carbocycles. The molecule has 1 rings (SSSR count). The first-order valence-corrected chi connectivity index (χ1v) is 7.38. The van der Waals surface area contributed by atoms with Crippen LogP contribution < -0.4 is 0 Å². The Hall–Kier alpha value is -0.100. The van der Waals surface area contributed by atoms with E-state index in [2.05, 4.69) is 20.8 Å². The predicted molar refractivity (Wildman–Crippen MR) is 74.9 cm³/mol. The Morgan fingerprint density at radius 2 is 2.18 bits per heavy atom. The summed E-state index contributed by atoms with van der Waals surface area (Å²) in [6.45, 7) is 5.70. The fourth-order valence-corrected chi connectivity index (χ4v) is 3.64. The predicted octanol–water partition coefficient (Wildman–Crippen LogP) is 4.02. The van der Waals surface area contributed by atoms with Crippen molar-refractivity contribution in [1.29, 1.82) is 0 Å². The molecule has 0 fully saturated rings. The van der Waals surface area contributed by atoms with E-state index in [4.69, 9.17) is 16.7 Å². The number of aliphatic carboxylic acids is 1. The molecule has 0 aliphatic heterocycles. The highest BCUT2D eigenvalue weighted by molar-refractivity contribution is 9.10. The highest BCUT2D eigenvalue weighted by Gasteiger charge is 2.23. The van der Waals surface area contributed by atoms with Gasteiger partial charge in [-0.3, -0.25) is 9.69 Å². The zero-order valence-electron chi connectivity index (χ0n) is 9.74. The van der Waals surface area contributed by atoms with Gasteiger partial charge >= 0.3 is 5.97 Å². The number of thiophene rings is 1. The van der Waals surface area contributed by atoms with Crippen molar-refractivity contribution in [1.82, 2.24) is 4.90 Å². The molecule has 96 valence electrons. The van der Waals surface area contributed by atoms with Crippen molar-refractivity contribution in [3.63, 3.8) is 0 Å². The van der Waals surface area contributed by atoms with Crippen LogP contribution in [0.3, 0.4) is 0 Å². The van der Waals surface area contributed by atoms with Crippen molar-refractivity contribution in [2.45, 2.75) is 26.3 Å². The number of nitrogens with zero attached hydrogens (tertiary/aromatic N) is 1. The van der Waals surface area contributed by atoms with Crippen LogP contribution >= 0.6 is 38.9 Å². The second-order valence-corrected chi connectivity index (χ2v) is 6.15. The van der Waals surface area contributed by atoms with Gasteiger partial charge in [-0.05, 0) is 35.1 Å². The molecule has 0 saturated heterocycles. The average molecular weight is 341 g/mol. The Morgan fingerprint density at radius 3 is 2.53 bits per heavy atom. The zero-order chi connectivity index (χ0) is 13.0. The second kappa shape index (κ2) is 6.73. The number of carboxylic acids is 1. The molecule has 1 heterocycles. The van der Waals surface area contributed by atoms with Gasteiger partial charge in [-0.25, -0.2) is 0 Å². The van der Waals surface area contributed by atoms with E-state index in [1.165, 1.54) is 11.3 Å². The fraction of sp³-hybridized carbons (Fsp3) is 0.545. The number of carboxylic acid groups (broad SMARTS) is 1. The van der Waals surface area contributed by atoms with Crippen LogP contribution in [-0.4, -0.2) is 29.1 Å². The van der Waals surface area contributed by atoms with E-state index in [-0.39, 0.29) is 12.5 Å². The first-order chi connectivity index (χ1) is 7.99. The quantitative estimate of drug-likeness (QED) is 0.850. The molecule has 0 bridgehead atoms. The van der Waals surface area contributed by atoms with E-state index in [1.54, 1.807) is 0 Å². The van der Waals surface area contributed by atoms with Gasteiger partial charge in [-0.2, -0.15) is 0 Å². The van der Waals surface area contributed by atoms with E-state index in [9.17, 15) is 4.79 Å². The average Bonchev–Trinajstić information content (AvgIpc) is 2.59. The summed E-state index contributed by atoms with van der Waals surface area (Å²) in [6, 6.07) is 1.81. The van der Waals surface area contributed by atoms with Crippen molar-refractivity contribution in [3.8, 4) is 0 Å². The first-order valence-electron chi connectivity index (χ1n) is 5.40. The number of hydrogen-bond acceptors (Lipinski definition) is 3. The molecule has 1 N–H and O–H groups in total. The maximum absolute atomic E-state index is 10.9. The van der Waals surface area contributed by atoms with E-state index in [1.807, 2.05) is 19.9 Å². The molecule has 0 aromatic carbocycles. The Morgan fingerprint density at radius 1 is 1.59 bits per heavy atom. The van der Waals surface area contributed by atoms with Crippen molar-refractivity contribution in [2.75, 3.05) is 13.1 Å². The van der Waals surface area contributed by atoms with Crippen molar-refractivity contribution in [2.24, 2.45) is 0 Å². The molecule has 1 atom stereocenters. The third-order valence-electron chi connectivity index (χ3n) is 2.61. The molecule has 6 heteroatoms. The molecule has 1 aromatic heterocycles. The molecule has 1 unspecified atom stereocenters. The molecule has 0 spiro atoms. The lowest BCUT2D eigenvalue weighted by Gasteiger charge is -2.27. The lowest BCUT2D eigenvalue weighted by atomic mass is 10.1. The molecule has 0 aliphatic carbocycles. The summed E-state index contributed by atoms with van der Waals surface area (Å²) in [7, 11) is 0. The summed E-state index contributed by atoms with van der Waals surface area (Å²) < 4.78 is 1.50. The van der Waals surface area contributed by atoms with Gasteiger partial charge in [0.25, 0.3) is 0 Å². The summed E-state index contributed by atoms with van der Waals surface area (Å²) >= 11 is 10.8. The minimum Gasteiger partial charge on any atom is -0.481 e.